The zero-order chi connectivity index (χ0) is 10.1. The molecule has 1 aliphatic heterocycles. The molecule has 1 aromatic heterocycles. The van der Waals surface area contributed by atoms with Gasteiger partial charge in [0.05, 0.1) is 12.3 Å². The predicted molar refractivity (Wildman–Crippen MR) is 55.3 cm³/mol. The number of hydrogen-bond donors (Lipinski definition) is 1. The summed E-state index contributed by atoms with van der Waals surface area (Å²) >= 11 is 0. The Hall–Kier alpha value is -1.03. The molecule has 0 bridgehead atoms. The molecule has 1 N–H and O–H groups in total. The van der Waals surface area contributed by atoms with Crippen LogP contribution in [0.4, 0.5) is 5.82 Å². The van der Waals surface area contributed by atoms with Crippen molar-refractivity contribution in [2.24, 2.45) is 7.05 Å². The molecule has 0 radical (unpaired) electrons. The van der Waals surface area contributed by atoms with Gasteiger partial charge < -0.3 is 10.0 Å². The quantitative estimate of drug-likeness (QED) is 0.759. The number of aliphatic hydroxyl groups is 1. The monoisotopic (exact) mass is 195 g/mol. The highest BCUT2D eigenvalue weighted by atomic mass is 16.3. The normalized spacial score (nSPS) is 16.6. The summed E-state index contributed by atoms with van der Waals surface area (Å²) in [6.07, 6.45) is 2.49. The Bertz CT molecular complexity index is 326. The van der Waals surface area contributed by atoms with Gasteiger partial charge in [0.25, 0.3) is 0 Å². The standard InChI is InChI=1S/C10H17N3O/c1-8-9(7-14)10(12(2)11-8)13-5-3-4-6-13/h14H,3-7H2,1-2H3. The Morgan fingerprint density at radius 1 is 1.36 bits per heavy atom. The van der Waals surface area contributed by atoms with Crippen molar-refractivity contribution in [3.8, 4) is 0 Å². The largest absolute Gasteiger partial charge is 0.391 e. The number of anilines is 1. The third-order valence-electron chi connectivity index (χ3n) is 2.88. The van der Waals surface area contributed by atoms with Crippen LogP contribution in [0.5, 0.6) is 0 Å². The lowest BCUT2D eigenvalue weighted by atomic mass is 10.2. The van der Waals surface area contributed by atoms with Crippen LogP contribution in [0.25, 0.3) is 0 Å². The summed E-state index contributed by atoms with van der Waals surface area (Å²) in [7, 11) is 1.94. The van der Waals surface area contributed by atoms with Crippen LogP contribution in [-0.4, -0.2) is 28.0 Å². The molecule has 2 rings (SSSR count). The smallest absolute Gasteiger partial charge is 0.132 e. The van der Waals surface area contributed by atoms with Crippen LogP contribution < -0.4 is 4.90 Å². The second-order valence-corrected chi connectivity index (χ2v) is 3.86. The van der Waals surface area contributed by atoms with E-state index in [4.69, 9.17) is 0 Å². The molecular weight excluding hydrogens is 178 g/mol. The zero-order valence-electron chi connectivity index (χ0n) is 8.82. The molecule has 4 nitrogen and oxygen atoms in total. The number of hydrogen-bond acceptors (Lipinski definition) is 3. The van der Waals surface area contributed by atoms with Gasteiger partial charge in [0, 0.05) is 25.7 Å². The summed E-state index contributed by atoms with van der Waals surface area (Å²) in [6, 6.07) is 0. The van der Waals surface area contributed by atoms with Crippen molar-refractivity contribution in [3.63, 3.8) is 0 Å². The van der Waals surface area contributed by atoms with Crippen molar-refractivity contribution in [3.05, 3.63) is 11.3 Å². The Balaban J connectivity index is 2.38. The highest BCUT2D eigenvalue weighted by Gasteiger charge is 2.21. The molecule has 0 saturated carbocycles. The lowest BCUT2D eigenvalue weighted by Crippen LogP contribution is -2.22. The second kappa shape index (κ2) is 3.61. The lowest BCUT2D eigenvalue weighted by Gasteiger charge is -2.18. The van der Waals surface area contributed by atoms with Gasteiger partial charge in [0.15, 0.2) is 0 Å². The summed E-state index contributed by atoms with van der Waals surface area (Å²) < 4.78 is 1.88. The summed E-state index contributed by atoms with van der Waals surface area (Å²) in [4.78, 5) is 2.31. The van der Waals surface area contributed by atoms with Crippen LogP contribution in [0.15, 0.2) is 0 Å². The van der Waals surface area contributed by atoms with E-state index in [1.54, 1.807) is 0 Å². The van der Waals surface area contributed by atoms with E-state index in [0.717, 1.165) is 30.2 Å². The fourth-order valence-electron chi connectivity index (χ4n) is 2.20. The summed E-state index contributed by atoms with van der Waals surface area (Å²) in [5.41, 5.74) is 1.92. The van der Waals surface area contributed by atoms with Crippen LogP contribution in [-0.2, 0) is 13.7 Å². The van der Waals surface area contributed by atoms with Crippen molar-refractivity contribution < 1.29 is 5.11 Å². The van der Waals surface area contributed by atoms with E-state index in [1.165, 1.54) is 12.8 Å². The zero-order valence-corrected chi connectivity index (χ0v) is 8.82. The molecule has 1 aliphatic rings. The highest BCUT2D eigenvalue weighted by molar-refractivity contribution is 5.50. The molecule has 1 aromatic rings. The molecular formula is C10H17N3O. The van der Waals surface area contributed by atoms with Crippen LogP contribution in [0.3, 0.4) is 0 Å². The number of aliphatic hydroxyl groups excluding tert-OH is 1. The Kier molecular flexibility index (Phi) is 2.46. The van der Waals surface area contributed by atoms with Crippen LogP contribution >= 0.6 is 0 Å². The van der Waals surface area contributed by atoms with Crippen LogP contribution in [0, 0.1) is 6.92 Å². The second-order valence-electron chi connectivity index (χ2n) is 3.86. The van der Waals surface area contributed by atoms with E-state index >= 15 is 0 Å². The maximum atomic E-state index is 9.29. The molecule has 78 valence electrons. The summed E-state index contributed by atoms with van der Waals surface area (Å²) in [6.45, 7) is 4.22. The van der Waals surface area contributed by atoms with Crippen molar-refractivity contribution >= 4 is 5.82 Å². The third-order valence-corrected chi connectivity index (χ3v) is 2.88. The first-order chi connectivity index (χ1) is 6.74. The summed E-state index contributed by atoms with van der Waals surface area (Å²) in [5, 5.41) is 13.6. The Morgan fingerprint density at radius 3 is 2.57 bits per heavy atom. The maximum Gasteiger partial charge on any atom is 0.132 e. The molecule has 0 spiro atoms. The van der Waals surface area contributed by atoms with Gasteiger partial charge in [-0.1, -0.05) is 0 Å². The van der Waals surface area contributed by atoms with Crippen molar-refractivity contribution in [2.45, 2.75) is 26.4 Å². The van der Waals surface area contributed by atoms with Gasteiger partial charge in [0.1, 0.15) is 5.82 Å². The molecule has 2 heterocycles. The van der Waals surface area contributed by atoms with Gasteiger partial charge in [-0.05, 0) is 19.8 Å². The van der Waals surface area contributed by atoms with E-state index in [2.05, 4.69) is 10.00 Å². The van der Waals surface area contributed by atoms with E-state index in [9.17, 15) is 5.11 Å². The third kappa shape index (κ3) is 1.39. The van der Waals surface area contributed by atoms with E-state index in [0.29, 0.717) is 0 Å². The van der Waals surface area contributed by atoms with Gasteiger partial charge in [-0.15, -0.1) is 0 Å². The number of aromatic nitrogens is 2. The first-order valence-electron chi connectivity index (χ1n) is 5.12. The minimum Gasteiger partial charge on any atom is -0.391 e. The van der Waals surface area contributed by atoms with Crippen molar-refractivity contribution in [2.75, 3.05) is 18.0 Å². The minimum atomic E-state index is 0.0888. The predicted octanol–water partition coefficient (Wildman–Crippen LogP) is 0.821. The van der Waals surface area contributed by atoms with Gasteiger partial charge >= 0.3 is 0 Å². The molecule has 4 heteroatoms. The number of nitrogens with zero attached hydrogens (tertiary/aromatic N) is 3. The van der Waals surface area contributed by atoms with Gasteiger partial charge in [0.2, 0.25) is 0 Å². The molecule has 0 atom stereocenters. The van der Waals surface area contributed by atoms with E-state index < -0.39 is 0 Å². The average Bonchev–Trinajstić information content (AvgIpc) is 2.72. The number of rotatable bonds is 2. The first-order valence-corrected chi connectivity index (χ1v) is 5.12. The fraction of sp³-hybridized carbons (Fsp3) is 0.700. The van der Waals surface area contributed by atoms with E-state index in [-0.39, 0.29) is 6.61 Å². The lowest BCUT2D eigenvalue weighted by molar-refractivity contribution is 0.281. The highest BCUT2D eigenvalue weighted by Crippen LogP contribution is 2.26. The molecule has 0 amide bonds. The van der Waals surface area contributed by atoms with Crippen molar-refractivity contribution in [1.82, 2.24) is 9.78 Å². The first kappa shape index (κ1) is 9.52. The number of aryl methyl sites for hydroxylation is 2. The molecule has 14 heavy (non-hydrogen) atoms. The molecule has 1 fully saturated rings. The van der Waals surface area contributed by atoms with Crippen molar-refractivity contribution in [1.29, 1.82) is 0 Å². The van der Waals surface area contributed by atoms with Gasteiger partial charge in [-0.25, -0.2) is 0 Å². The average molecular weight is 195 g/mol. The maximum absolute atomic E-state index is 9.29. The molecule has 0 aromatic carbocycles. The SMILES string of the molecule is Cc1nn(C)c(N2CCCC2)c1CO. The van der Waals surface area contributed by atoms with Gasteiger partial charge in [-0.3, -0.25) is 4.68 Å². The molecule has 1 saturated heterocycles. The Labute approximate surface area is 84.1 Å². The molecule has 0 unspecified atom stereocenters. The van der Waals surface area contributed by atoms with Gasteiger partial charge in [-0.2, -0.15) is 5.10 Å². The molecule has 0 aliphatic carbocycles. The Morgan fingerprint density at radius 2 is 2.00 bits per heavy atom. The minimum absolute atomic E-state index is 0.0888. The topological polar surface area (TPSA) is 41.3 Å². The fourth-order valence-corrected chi connectivity index (χ4v) is 2.20. The van der Waals surface area contributed by atoms with E-state index in [1.807, 2.05) is 18.7 Å². The summed E-state index contributed by atoms with van der Waals surface area (Å²) in [5.74, 6) is 1.10. The van der Waals surface area contributed by atoms with Crippen LogP contribution in [0.1, 0.15) is 24.1 Å². The van der Waals surface area contributed by atoms with Crippen LogP contribution in [0.2, 0.25) is 0 Å².